The minimum Gasteiger partial charge on any atom is -0.388 e. The van der Waals surface area contributed by atoms with Gasteiger partial charge in [0.1, 0.15) is 0 Å². The highest BCUT2D eigenvalue weighted by atomic mass is 16.3. The predicted molar refractivity (Wildman–Crippen MR) is 83.0 cm³/mol. The molecule has 1 heterocycles. The van der Waals surface area contributed by atoms with E-state index in [0.717, 1.165) is 10.9 Å². The van der Waals surface area contributed by atoms with Gasteiger partial charge in [0, 0.05) is 13.1 Å². The fourth-order valence-electron chi connectivity index (χ4n) is 2.85. The molecule has 0 radical (unpaired) electrons. The highest BCUT2D eigenvalue weighted by molar-refractivity contribution is 5.86. The van der Waals surface area contributed by atoms with Crippen molar-refractivity contribution in [1.29, 1.82) is 0 Å². The average molecular weight is 284 g/mol. The van der Waals surface area contributed by atoms with E-state index in [1.165, 1.54) is 5.39 Å². The number of amides is 2. The first kappa shape index (κ1) is 13.9. The Kier molecular flexibility index (Phi) is 3.55. The Labute approximate surface area is 124 Å². The van der Waals surface area contributed by atoms with Crippen molar-refractivity contribution >= 4 is 16.8 Å². The van der Waals surface area contributed by atoms with Crippen LogP contribution in [0.4, 0.5) is 4.79 Å². The van der Waals surface area contributed by atoms with E-state index in [2.05, 4.69) is 23.5 Å². The van der Waals surface area contributed by atoms with Gasteiger partial charge in [-0.3, -0.25) is 0 Å². The molecule has 110 valence electrons. The van der Waals surface area contributed by atoms with Gasteiger partial charge in [0.05, 0.1) is 12.1 Å². The Morgan fingerprint density at radius 3 is 2.81 bits per heavy atom. The van der Waals surface area contributed by atoms with Crippen molar-refractivity contribution in [1.82, 2.24) is 10.2 Å². The van der Waals surface area contributed by atoms with Crippen LogP contribution in [0.15, 0.2) is 42.5 Å². The van der Waals surface area contributed by atoms with Crippen molar-refractivity contribution < 1.29 is 9.90 Å². The Morgan fingerprint density at radius 2 is 2.05 bits per heavy atom. The monoisotopic (exact) mass is 284 g/mol. The number of carbonyl (C=O) groups is 1. The van der Waals surface area contributed by atoms with Crippen LogP contribution in [0.1, 0.15) is 18.9 Å². The van der Waals surface area contributed by atoms with Crippen LogP contribution in [-0.2, 0) is 6.54 Å². The second-order valence-electron chi connectivity index (χ2n) is 5.97. The molecule has 21 heavy (non-hydrogen) atoms. The van der Waals surface area contributed by atoms with Crippen LogP contribution < -0.4 is 5.32 Å². The quantitative estimate of drug-likeness (QED) is 0.890. The number of rotatable bonds is 2. The summed E-state index contributed by atoms with van der Waals surface area (Å²) in [5.41, 5.74) is 0.351. The zero-order valence-electron chi connectivity index (χ0n) is 12.2. The summed E-state index contributed by atoms with van der Waals surface area (Å²) in [4.78, 5) is 13.8. The van der Waals surface area contributed by atoms with Crippen molar-refractivity contribution in [3.8, 4) is 0 Å². The molecule has 0 bridgehead atoms. The first-order chi connectivity index (χ1) is 10.1. The number of carbonyl (C=O) groups excluding carboxylic acids is 1. The number of likely N-dealkylation sites (tertiary alicyclic amines) is 1. The normalized spacial score (nSPS) is 21.7. The fraction of sp³-hybridized carbons (Fsp3) is 0.353. The van der Waals surface area contributed by atoms with E-state index in [1.807, 2.05) is 24.3 Å². The summed E-state index contributed by atoms with van der Waals surface area (Å²) in [5.74, 6) is 0. The Morgan fingerprint density at radius 1 is 1.29 bits per heavy atom. The van der Waals surface area contributed by atoms with E-state index in [4.69, 9.17) is 0 Å². The number of benzene rings is 2. The van der Waals surface area contributed by atoms with Gasteiger partial charge in [-0.25, -0.2) is 4.79 Å². The molecule has 2 N–H and O–H groups in total. The number of nitrogens with zero attached hydrogens (tertiary/aromatic N) is 1. The first-order valence-electron chi connectivity index (χ1n) is 7.27. The molecule has 2 aromatic rings. The second-order valence-corrected chi connectivity index (χ2v) is 5.97. The van der Waals surface area contributed by atoms with Gasteiger partial charge in [-0.15, -0.1) is 0 Å². The maximum atomic E-state index is 12.1. The topological polar surface area (TPSA) is 52.6 Å². The van der Waals surface area contributed by atoms with Crippen molar-refractivity contribution in [2.75, 3.05) is 13.1 Å². The van der Waals surface area contributed by atoms with Gasteiger partial charge in [0.15, 0.2) is 0 Å². The molecule has 1 unspecified atom stereocenters. The van der Waals surface area contributed by atoms with Gasteiger partial charge < -0.3 is 15.3 Å². The number of hydrogen-bond donors (Lipinski definition) is 2. The van der Waals surface area contributed by atoms with E-state index < -0.39 is 5.60 Å². The smallest absolute Gasteiger partial charge is 0.317 e. The Bertz CT molecular complexity index is 661. The summed E-state index contributed by atoms with van der Waals surface area (Å²) in [6, 6.07) is 14.1. The van der Waals surface area contributed by atoms with Crippen molar-refractivity contribution in [2.45, 2.75) is 25.5 Å². The molecule has 0 aliphatic carbocycles. The largest absolute Gasteiger partial charge is 0.388 e. The van der Waals surface area contributed by atoms with Gasteiger partial charge >= 0.3 is 6.03 Å². The lowest BCUT2D eigenvalue weighted by molar-refractivity contribution is 0.0719. The van der Waals surface area contributed by atoms with E-state index in [0.29, 0.717) is 26.1 Å². The number of urea groups is 1. The summed E-state index contributed by atoms with van der Waals surface area (Å²) in [6.45, 7) is 3.27. The Hall–Kier alpha value is -2.07. The van der Waals surface area contributed by atoms with E-state index in [1.54, 1.807) is 11.8 Å². The molecule has 0 saturated carbocycles. The zero-order chi connectivity index (χ0) is 14.9. The predicted octanol–water partition coefficient (Wildman–Crippen LogP) is 2.51. The van der Waals surface area contributed by atoms with Crippen LogP contribution >= 0.6 is 0 Å². The molecule has 1 saturated heterocycles. The SMILES string of the molecule is CC1(O)CCN(C(=O)NCc2cccc3ccccc23)C1. The molecule has 1 atom stereocenters. The van der Waals surface area contributed by atoms with Crippen molar-refractivity contribution in [3.63, 3.8) is 0 Å². The van der Waals surface area contributed by atoms with E-state index >= 15 is 0 Å². The van der Waals surface area contributed by atoms with Crippen LogP contribution in [0, 0.1) is 0 Å². The summed E-state index contributed by atoms with van der Waals surface area (Å²) < 4.78 is 0. The molecule has 4 nitrogen and oxygen atoms in total. The van der Waals surface area contributed by atoms with Crippen LogP contribution in [0.25, 0.3) is 10.8 Å². The van der Waals surface area contributed by atoms with E-state index in [9.17, 15) is 9.90 Å². The molecule has 2 aromatic carbocycles. The highest BCUT2D eigenvalue weighted by Gasteiger charge is 2.33. The molecule has 0 spiro atoms. The first-order valence-corrected chi connectivity index (χ1v) is 7.27. The summed E-state index contributed by atoms with van der Waals surface area (Å²) in [6.07, 6.45) is 0.634. The standard InChI is InChI=1S/C17H20N2O2/c1-17(21)9-10-19(12-17)16(20)18-11-14-7-4-6-13-5-2-3-8-15(13)14/h2-8,21H,9-12H2,1H3,(H,18,20). The zero-order valence-corrected chi connectivity index (χ0v) is 12.2. The molecular weight excluding hydrogens is 264 g/mol. The minimum absolute atomic E-state index is 0.110. The lowest BCUT2D eigenvalue weighted by atomic mass is 10.0. The average Bonchev–Trinajstić information content (AvgIpc) is 2.85. The maximum absolute atomic E-state index is 12.1. The maximum Gasteiger partial charge on any atom is 0.317 e. The number of hydrogen-bond acceptors (Lipinski definition) is 2. The second kappa shape index (κ2) is 5.37. The lowest BCUT2D eigenvalue weighted by Crippen LogP contribution is -2.40. The van der Waals surface area contributed by atoms with Crippen molar-refractivity contribution in [2.24, 2.45) is 0 Å². The lowest BCUT2D eigenvalue weighted by Gasteiger charge is -2.19. The number of β-amino-alcohol motifs (C(OH)–C–C–N with tert-alkyl or cyclic N) is 1. The summed E-state index contributed by atoms with van der Waals surface area (Å²) >= 11 is 0. The fourth-order valence-corrected chi connectivity index (χ4v) is 2.85. The molecule has 0 aromatic heterocycles. The molecule has 3 rings (SSSR count). The molecule has 4 heteroatoms. The third-order valence-electron chi connectivity index (χ3n) is 4.05. The van der Waals surface area contributed by atoms with Gasteiger partial charge in [0.25, 0.3) is 0 Å². The number of aliphatic hydroxyl groups is 1. The highest BCUT2D eigenvalue weighted by Crippen LogP contribution is 2.21. The van der Waals surface area contributed by atoms with Crippen molar-refractivity contribution in [3.05, 3.63) is 48.0 Å². The number of nitrogens with one attached hydrogen (secondary N) is 1. The van der Waals surface area contributed by atoms with Gasteiger partial charge in [-0.2, -0.15) is 0 Å². The third-order valence-corrected chi connectivity index (χ3v) is 4.05. The van der Waals surface area contributed by atoms with Gasteiger partial charge in [-0.05, 0) is 29.7 Å². The summed E-state index contributed by atoms with van der Waals surface area (Å²) in [5, 5.41) is 15.2. The minimum atomic E-state index is -0.753. The molecular formula is C17H20N2O2. The summed E-state index contributed by atoms with van der Waals surface area (Å²) in [7, 11) is 0. The van der Waals surface area contributed by atoms with Crippen LogP contribution in [0.2, 0.25) is 0 Å². The van der Waals surface area contributed by atoms with E-state index in [-0.39, 0.29) is 6.03 Å². The van der Waals surface area contributed by atoms with Crippen LogP contribution in [-0.4, -0.2) is 34.7 Å². The third kappa shape index (κ3) is 3.00. The van der Waals surface area contributed by atoms with Gasteiger partial charge in [0.2, 0.25) is 0 Å². The molecule has 2 amide bonds. The number of fused-ring (bicyclic) bond motifs is 1. The Balaban J connectivity index is 1.68. The molecule has 1 aliphatic heterocycles. The molecule has 1 fully saturated rings. The molecule has 1 aliphatic rings. The van der Waals surface area contributed by atoms with Crippen LogP contribution in [0.5, 0.6) is 0 Å². The van der Waals surface area contributed by atoms with Crippen LogP contribution in [0.3, 0.4) is 0 Å². The van der Waals surface area contributed by atoms with Gasteiger partial charge in [-0.1, -0.05) is 42.5 Å².